The first kappa shape index (κ1) is 15.2. The highest BCUT2D eigenvalue weighted by molar-refractivity contribution is 5.73. The van der Waals surface area contributed by atoms with E-state index in [1.165, 1.54) is 12.5 Å². The van der Waals surface area contributed by atoms with Crippen LogP contribution < -0.4 is 0 Å². The smallest absolute Gasteiger partial charge is 0.334 e. The van der Waals surface area contributed by atoms with Crippen molar-refractivity contribution < 1.29 is 14.6 Å². The van der Waals surface area contributed by atoms with Crippen LogP contribution in [0.2, 0.25) is 0 Å². The molecule has 0 amide bonds. The van der Waals surface area contributed by atoms with Gasteiger partial charge in [-0.15, -0.1) is 0 Å². The molecule has 0 fully saturated rings. The molecule has 0 spiro atoms. The molecule has 16 heavy (non-hydrogen) atoms. The number of rotatable bonds is 7. The molecule has 2 atom stereocenters. The van der Waals surface area contributed by atoms with Crippen LogP contribution in [-0.4, -0.2) is 23.8 Å². The zero-order chi connectivity index (χ0) is 12.6. The maximum Gasteiger partial charge on any atom is 0.334 e. The van der Waals surface area contributed by atoms with Gasteiger partial charge in [-0.2, -0.15) is 0 Å². The van der Waals surface area contributed by atoms with Gasteiger partial charge < -0.3 is 9.84 Å². The molecule has 0 rings (SSSR count). The van der Waals surface area contributed by atoms with Crippen LogP contribution in [0.25, 0.3) is 0 Å². The number of carbonyl (C=O) groups excluding carboxylic acids is 1. The third-order valence-electron chi connectivity index (χ3n) is 2.41. The number of hydrogen-bond acceptors (Lipinski definition) is 3. The Morgan fingerprint density at radius 1 is 1.31 bits per heavy atom. The van der Waals surface area contributed by atoms with Crippen LogP contribution in [0, 0.1) is 5.92 Å². The maximum atomic E-state index is 10.9. The Morgan fingerprint density at radius 3 is 2.44 bits per heavy atom. The molecule has 1 N–H and O–H groups in total. The SMILES string of the molecule is CC(C)=CCCC(C)CCOC(=O)[C@H](C)O. The maximum absolute atomic E-state index is 10.9. The molecule has 0 saturated carbocycles. The fourth-order valence-corrected chi connectivity index (χ4v) is 1.28. The third kappa shape index (κ3) is 8.48. The van der Waals surface area contributed by atoms with E-state index in [2.05, 4.69) is 26.8 Å². The van der Waals surface area contributed by atoms with E-state index in [4.69, 9.17) is 9.84 Å². The van der Waals surface area contributed by atoms with Gasteiger partial charge in [0.25, 0.3) is 0 Å². The fraction of sp³-hybridized carbons (Fsp3) is 0.769. The topological polar surface area (TPSA) is 46.5 Å². The summed E-state index contributed by atoms with van der Waals surface area (Å²) in [6, 6.07) is 0. The van der Waals surface area contributed by atoms with E-state index in [0.717, 1.165) is 19.3 Å². The predicted molar refractivity (Wildman–Crippen MR) is 65.1 cm³/mol. The number of hydrogen-bond donors (Lipinski definition) is 1. The lowest BCUT2D eigenvalue weighted by Crippen LogP contribution is -2.20. The van der Waals surface area contributed by atoms with Crippen molar-refractivity contribution in [3.05, 3.63) is 11.6 Å². The van der Waals surface area contributed by atoms with Crippen molar-refractivity contribution in [1.82, 2.24) is 0 Å². The van der Waals surface area contributed by atoms with Gasteiger partial charge >= 0.3 is 5.97 Å². The highest BCUT2D eigenvalue weighted by Gasteiger charge is 2.10. The van der Waals surface area contributed by atoms with Crippen LogP contribution in [0.3, 0.4) is 0 Å². The fourth-order valence-electron chi connectivity index (χ4n) is 1.28. The van der Waals surface area contributed by atoms with Gasteiger partial charge in [0.2, 0.25) is 0 Å². The van der Waals surface area contributed by atoms with Gasteiger partial charge in [-0.1, -0.05) is 18.6 Å². The minimum Gasteiger partial charge on any atom is -0.464 e. The third-order valence-corrected chi connectivity index (χ3v) is 2.41. The molecule has 1 unspecified atom stereocenters. The van der Waals surface area contributed by atoms with Crippen molar-refractivity contribution in [3.63, 3.8) is 0 Å². The summed E-state index contributed by atoms with van der Waals surface area (Å²) in [4.78, 5) is 10.9. The summed E-state index contributed by atoms with van der Waals surface area (Å²) in [6.07, 6.45) is 4.25. The number of esters is 1. The lowest BCUT2D eigenvalue weighted by molar-refractivity contribution is -0.152. The van der Waals surface area contributed by atoms with Crippen molar-refractivity contribution in [2.24, 2.45) is 5.92 Å². The van der Waals surface area contributed by atoms with Crippen LogP contribution in [0.1, 0.15) is 47.0 Å². The Bertz CT molecular complexity index is 227. The quantitative estimate of drug-likeness (QED) is 0.538. The van der Waals surface area contributed by atoms with E-state index in [9.17, 15) is 4.79 Å². The molecule has 0 aliphatic carbocycles. The predicted octanol–water partition coefficient (Wildman–Crippen LogP) is 2.68. The second kappa shape index (κ2) is 8.34. The van der Waals surface area contributed by atoms with Crippen LogP contribution in [0.4, 0.5) is 0 Å². The summed E-state index contributed by atoms with van der Waals surface area (Å²) < 4.78 is 4.90. The highest BCUT2D eigenvalue weighted by Crippen LogP contribution is 2.11. The van der Waals surface area contributed by atoms with Crippen LogP contribution >= 0.6 is 0 Å². The van der Waals surface area contributed by atoms with E-state index in [1.54, 1.807) is 0 Å². The summed E-state index contributed by atoms with van der Waals surface area (Å²) in [5.74, 6) is 0.00824. The Kier molecular flexibility index (Phi) is 7.90. The molecule has 0 aliphatic heterocycles. The molecule has 0 aromatic rings. The molecule has 0 aliphatic rings. The summed E-state index contributed by atoms with van der Waals surface area (Å²) >= 11 is 0. The summed E-state index contributed by atoms with van der Waals surface area (Å²) in [5, 5.41) is 8.91. The monoisotopic (exact) mass is 228 g/mol. The van der Waals surface area contributed by atoms with Crippen molar-refractivity contribution in [1.29, 1.82) is 0 Å². The van der Waals surface area contributed by atoms with E-state index < -0.39 is 12.1 Å². The molecule has 0 radical (unpaired) electrons. The zero-order valence-corrected chi connectivity index (χ0v) is 10.8. The average molecular weight is 228 g/mol. The number of ether oxygens (including phenoxy) is 1. The summed E-state index contributed by atoms with van der Waals surface area (Å²) in [6.45, 7) is 8.15. The molecule has 0 aromatic heterocycles. The van der Waals surface area contributed by atoms with Gasteiger partial charge in [0.1, 0.15) is 6.10 Å². The zero-order valence-electron chi connectivity index (χ0n) is 10.8. The summed E-state index contributed by atoms with van der Waals surface area (Å²) in [5.41, 5.74) is 1.34. The van der Waals surface area contributed by atoms with Gasteiger partial charge in [-0.3, -0.25) is 0 Å². The molecule has 0 aromatic carbocycles. The molecule has 0 saturated heterocycles. The Labute approximate surface area is 98.5 Å². The standard InChI is InChI=1S/C13H24O3/c1-10(2)6-5-7-11(3)8-9-16-13(15)12(4)14/h6,11-12,14H,5,7-9H2,1-4H3/t11?,12-/m0/s1. The van der Waals surface area contributed by atoms with Gasteiger partial charge in [0.05, 0.1) is 6.61 Å². The minimum atomic E-state index is -1.01. The van der Waals surface area contributed by atoms with E-state index >= 15 is 0 Å². The number of aliphatic hydroxyl groups excluding tert-OH is 1. The van der Waals surface area contributed by atoms with Crippen molar-refractivity contribution in [3.8, 4) is 0 Å². The van der Waals surface area contributed by atoms with Crippen LogP contribution in [-0.2, 0) is 9.53 Å². The van der Waals surface area contributed by atoms with Gasteiger partial charge in [-0.05, 0) is 46.0 Å². The molecular formula is C13H24O3. The normalized spacial score (nSPS) is 14.1. The van der Waals surface area contributed by atoms with E-state index in [0.29, 0.717) is 12.5 Å². The lowest BCUT2D eigenvalue weighted by Gasteiger charge is -2.11. The number of allylic oxidation sites excluding steroid dienone is 2. The van der Waals surface area contributed by atoms with Crippen LogP contribution in [0.15, 0.2) is 11.6 Å². The Morgan fingerprint density at radius 2 is 1.94 bits per heavy atom. The second-order valence-corrected chi connectivity index (χ2v) is 4.60. The van der Waals surface area contributed by atoms with Gasteiger partial charge in [0, 0.05) is 0 Å². The molecule has 94 valence electrons. The van der Waals surface area contributed by atoms with Crippen molar-refractivity contribution in [2.75, 3.05) is 6.61 Å². The van der Waals surface area contributed by atoms with Gasteiger partial charge in [-0.25, -0.2) is 4.79 Å². The molecule has 0 heterocycles. The Hall–Kier alpha value is -0.830. The highest BCUT2D eigenvalue weighted by atomic mass is 16.5. The first-order valence-corrected chi connectivity index (χ1v) is 5.91. The van der Waals surface area contributed by atoms with Crippen LogP contribution in [0.5, 0.6) is 0 Å². The first-order chi connectivity index (χ1) is 7.43. The molecule has 0 bridgehead atoms. The number of aliphatic hydroxyl groups is 1. The van der Waals surface area contributed by atoms with Crippen molar-refractivity contribution >= 4 is 5.97 Å². The second-order valence-electron chi connectivity index (χ2n) is 4.60. The molecule has 3 heteroatoms. The summed E-state index contributed by atoms with van der Waals surface area (Å²) in [7, 11) is 0. The lowest BCUT2D eigenvalue weighted by atomic mass is 10.0. The molecular weight excluding hydrogens is 204 g/mol. The van der Waals surface area contributed by atoms with E-state index in [-0.39, 0.29) is 0 Å². The molecule has 3 nitrogen and oxygen atoms in total. The van der Waals surface area contributed by atoms with E-state index in [1.807, 2.05) is 0 Å². The average Bonchev–Trinajstić information content (AvgIpc) is 2.16. The Balaban J connectivity index is 3.54. The first-order valence-electron chi connectivity index (χ1n) is 5.91. The minimum absolute atomic E-state index is 0.403. The largest absolute Gasteiger partial charge is 0.464 e. The van der Waals surface area contributed by atoms with Gasteiger partial charge in [0.15, 0.2) is 0 Å². The number of carbonyl (C=O) groups is 1. The van der Waals surface area contributed by atoms with Crippen molar-refractivity contribution in [2.45, 2.75) is 53.1 Å².